The van der Waals surface area contributed by atoms with E-state index in [1.165, 1.54) is 0 Å². The second-order valence-corrected chi connectivity index (χ2v) is 7.36. The van der Waals surface area contributed by atoms with Crippen LogP contribution in [0.2, 0.25) is 0 Å². The van der Waals surface area contributed by atoms with Gasteiger partial charge in [0, 0.05) is 5.69 Å². The second-order valence-electron chi connectivity index (χ2n) is 7.36. The van der Waals surface area contributed by atoms with E-state index in [2.05, 4.69) is 5.32 Å². The monoisotopic (exact) mass is 424 g/mol. The van der Waals surface area contributed by atoms with Gasteiger partial charge in [0.1, 0.15) is 5.82 Å². The van der Waals surface area contributed by atoms with Gasteiger partial charge in [-0.3, -0.25) is 9.59 Å². The van der Waals surface area contributed by atoms with Crippen LogP contribution in [0.3, 0.4) is 0 Å². The van der Waals surface area contributed by atoms with Gasteiger partial charge in [-0.05, 0) is 54.7 Å². The minimum Gasteiger partial charge on any atom is -0.481 e. The summed E-state index contributed by atoms with van der Waals surface area (Å²) >= 11 is 0. The van der Waals surface area contributed by atoms with Gasteiger partial charge in [0.25, 0.3) is 0 Å². The van der Waals surface area contributed by atoms with Crippen LogP contribution in [-0.2, 0) is 15.8 Å². The van der Waals surface area contributed by atoms with Crippen molar-refractivity contribution < 1.29 is 32.3 Å². The average molecular weight is 424 g/mol. The molecule has 0 unspecified atom stereocenters. The Bertz CT molecular complexity index is 944. The van der Waals surface area contributed by atoms with Gasteiger partial charge in [0.15, 0.2) is 0 Å². The number of carboxylic acids is 1. The standard InChI is InChI=1S/C21H20F4N2O3/c22-16-10-12(21(23,24)25)6-9-17(16)27-19(28)15-3-1-2-14(18(15)20(29)30)11-4-7-13(26)8-5-11/h4-10,14-15,18H,1-3,26H2,(H,27,28)(H,29,30)/t14-,15-,18-/m1/s1. The normalized spacial score (nSPS) is 21.8. The molecule has 1 saturated carbocycles. The molecule has 160 valence electrons. The lowest BCUT2D eigenvalue weighted by molar-refractivity contribution is -0.148. The lowest BCUT2D eigenvalue weighted by atomic mass is 9.69. The highest BCUT2D eigenvalue weighted by Gasteiger charge is 2.43. The summed E-state index contributed by atoms with van der Waals surface area (Å²) in [6, 6.07) is 8.50. The van der Waals surface area contributed by atoms with Gasteiger partial charge in [-0.2, -0.15) is 13.2 Å². The summed E-state index contributed by atoms with van der Waals surface area (Å²) in [6.07, 6.45) is -3.31. The Kier molecular flexibility index (Phi) is 6.00. The van der Waals surface area contributed by atoms with Crippen LogP contribution in [0.25, 0.3) is 0 Å². The van der Waals surface area contributed by atoms with Crippen LogP contribution in [0.5, 0.6) is 0 Å². The molecule has 1 aliphatic rings. The molecule has 2 aromatic rings. The zero-order chi connectivity index (χ0) is 22.1. The predicted octanol–water partition coefficient (Wildman–Crippen LogP) is 4.65. The molecule has 3 rings (SSSR count). The Morgan fingerprint density at radius 1 is 1.07 bits per heavy atom. The minimum atomic E-state index is -4.71. The highest BCUT2D eigenvalue weighted by atomic mass is 19.4. The number of alkyl halides is 3. The molecule has 9 heteroatoms. The van der Waals surface area contributed by atoms with E-state index >= 15 is 0 Å². The maximum Gasteiger partial charge on any atom is 0.416 e. The van der Waals surface area contributed by atoms with Crippen LogP contribution >= 0.6 is 0 Å². The Morgan fingerprint density at radius 3 is 2.30 bits per heavy atom. The van der Waals surface area contributed by atoms with E-state index in [1.807, 2.05) is 0 Å². The van der Waals surface area contributed by atoms with E-state index in [0.717, 1.165) is 11.6 Å². The number of anilines is 2. The van der Waals surface area contributed by atoms with Crippen molar-refractivity contribution in [2.75, 3.05) is 11.1 Å². The van der Waals surface area contributed by atoms with Crippen LogP contribution in [-0.4, -0.2) is 17.0 Å². The molecule has 0 bridgehead atoms. The highest BCUT2D eigenvalue weighted by molar-refractivity contribution is 5.95. The molecule has 0 saturated heterocycles. The summed E-state index contributed by atoms with van der Waals surface area (Å²) in [5.74, 6) is -5.59. The first-order chi connectivity index (χ1) is 14.1. The third-order valence-electron chi connectivity index (χ3n) is 5.44. The van der Waals surface area contributed by atoms with Gasteiger partial charge in [-0.1, -0.05) is 18.6 Å². The fraction of sp³-hybridized carbons (Fsp3) is 0.333. The lowest BCUT2D eigenvalue weighted by Crippen LogP contribution is -2.40. The van der Waals surface area contributed by atoms with Gasteiger partial charge in [-0.25, -0.2) is 4.39 Å². The zero-order valence-electron chi connectivity index (χ0n) is 15.7. The molecule has 1 fully saturated rings. The smallest absolute Gasteiger partial charge is 0.416 e. The van der Waals surface area contributed by atoms with Crippen molar-refractivity contribution >= 4 is 23.3 Å². The summed E-state index contributed by atoms with van der Waals surface area (Å²) in [5.41, 5.74) is 5.33. The topological polar surface area (TPSA) is 92.4 Å². The van der Waals surface area contributed by atoms with E-state index in [4.69, 9.17) is 5.73 Å². The molecule has 30 heavy (non-hydrogen) atoms. The van der Waals surface area contributed by atoms with Crippen molar-refractivity contribution in [1.29, 1.82) is 0 Å². The average Bonchev–Trinajstić information content (AvgIpc) is 2.68. The SMILES string of the molecule is Nc1ccc([C@H]2CCC[C@@H](C(=O)Nc3ccc(C(F)(F)F)cc3F)[C@@H]2C(=O)O)cc1. The molecule has 4 N–H and O–H groups in total. The summed E-state index contributed by atoms with van der Waals surface area (Å²) in [6.45, 7) is 0. The van der Waals surface area contributed by atoms with E-state index in [-0.39, 0.29) is 6.42 Å². The fourth-order valence-corrected chi connectivity index (χ4v) is 3.97. The van der Waals surface area contributed by atoms with Crippen LogP contribution in [0.15, 0.2) is 42.5 Å². The number of nitrogens with two attached hydrogens (primary N) is 1. The number of nitrogens with one attached hydrogen (secondary N) is 1. The number of hydrogen-bond donors (Lipinski definition) is 3. The Morgan fingerprint density at radius 2 is 1.73 bits per heavy atom. The van der Waals surface area contributed by atoms with Crippen LogP contribution < -0.4 is 11.1 Å². The number of hydrogen-bond acceptors (Lipinski definition) is 3. The Labute approximate surface area is 169 Å². The number of halogens is 4. The molecule has 1 amide bonds. The number of amides is 1. The van der Waals surface area contributed by atoms with Crippen molar-refractivity contribution in [1.82, 2.24) is 0 Å². The third-order valence-corrected chi connectivity index (χ3v) is 5.44. The Balaban J connectivity index is 1.83. The molecule has 0 heterocycles. The number of nitrogen functional groups attached to an aromatic ring is 1. The minimum absolute atomic E-state index is 0.274. The summed E-state index contributed by atoms with van der Waals surface area (Å²) in [5, 5.41) is 12.0. The molecule has 0 aliphatic heterocycles. The van der Waals surface area contributed by atoms with Gasteiger partial charge in [0.2, 0.25) is 5.91 Å². The molecule has 1 aliphatic carbocycles. The fourth-order valence-electron chi connectivity index (χ4n) is 3.97. The van der Waals surface area contributed by atoms with Crippen molar-refractivity contribution in [3.63, 3.8) is 0 Å². The maximum absolute atomic E-state index is 14.1. The number of rotatable bonds is 4. The Hall–Kier alpha value is -3.10. The predicted molar refractivity (Wildman–Crippen MR) is 102 cm³/mol. The van der Waals surface area contributed by atoms with Crippen LogP contribution in [0.4, 0.5) is 28.9 Å². The summed E-state index contributed by atoms with van der Waals surface area (Å²) < 4.78 is 52.2. The van der Waals surface area contributed by atoms with Gasteiger partial charge in [-0.15, -0.1) is 0 Å². The quantitative estimate of drug-likeness (QED) is 0.492. The second kappa shape index (κ2) is 8.33. The van der Waals surface area contributed by atoms with Crippen LogP contribution in [0, 0.1) is 17.7 Å². The summed E-state index contributed by atoms with van der Waals surface area (Å²) in [7, 11) is 0. The number of carbonyl (C=O) groups excluding carboxylic acids is 1. The molecule has 0 spiro atoms. The zero-order valence-corrected chi connectivity index (χ0v) is 15.7. The van der Waals surface area contributed by atoms with Crippen LogP contribution in [0.1, 0.15) is 36.3 Å². The molecule has 0 aromatic heterocycles. The molecular weight excluding hydrogens is 404 g/mol. The van der Waals surface area contributed by atoms with E-state index < -0.39 is 52.9 Å². The van der Waals surface area contributed by atoms with E-state index in [1.54, 1.807) is 24.3 Å². The van der Waals surface area contributed by atoms with Crippen molar-refractivity contribution in [3.8, 4) is 0 Å². The highest BCUT2D eigenvalue weighted by Crippen LogP contribution is 2.42. The third kappa shape index (κ3) is 4.55. The number of aliphatic carboxylic acids is 1. The molecule has 0 radical (unpaired) electrons. The van der Waals surface area contributed by atoms with Gasteiger partial charge < -0.3 is 16.2 Å². The van der Waals surface area contributed by atoms with Gasteiger partial charge in [0.05, 0.1) is 23.1 Å². The van der Waals surface area contributed by atoms with Crippen molar-refractivity contribution in [2.24, 2.45) is 11.8 Å². The van der Waals surface area contributed by atoms with E-state index in [0.29, 0.717) is 30.7 Å². The first-order valence-electron chi connectivity index (χ1n) is 9.34. The lowest BCUT2D eigenvalue weighted by Gasteiger charge is -2.35. The molecule has 2 aromatic carbocycles. The largest absolute Gasteiger partial charge is 0.481 e. The summed E-state index contributed by atoms with van der Waals surface area (Å²) in [4.78, 5) is 24.8. The number of carboxylic acid groups (broad SMARTS) is 1. The first-order valence-corrected chi connectivity index (χ1v) is 9.34. The molecular formula is C21H20F4N2O3. The maximum atomic E-state index is 14.1. The number of benzene rings is 2. The molecule has 3 atom stereocenters. The first kappa shape index (κ1) is 21.6. The van der Waals surface area contributed by atoms with Crippen molar-refractivity contribution in [3.05, 3.63) is 59.4 Å². The number of carbonyl (C=O) groups is 2. The molecule has 5 nitrogen and oxygen atoms in total. The van der Waals surface area contributed by atoms with Crippen molar-refractivity contribution in [2.45, 2.75) is 31.4 Å². The van der Waals surface area contributed by atoms with E-state index in [9.17, 15) is 32.3 Å². The van der Waals surface area contributed by atoms with Gasteiger partial charge >= 0.3 is 12.1 Å².